The lowest BCUT2D eigenvalue weighted by Crippen LogP contribution is -2.05. The predicted molar refractivity (Wildman–Crippen MR) is 44.6 cm³/mol. The van der Waals surface area contributed by atoms with Crippen LogP contribution in [0.2, 0.25) is 0 Å². The SMILES string of the molecule is CCOC(=O)c1cncc(C[O])c1. The average Bonchev–Trinajstić information content (AvgIpc) is 2.18. The van der Waals surface area contributed by atoms with Gasteiger partial charge in [0.2, 0.25) is 0 Å². The molecule has 1 rings (SSSR count). The van der Waals surface area contributed by atoms with Gasteiger partial charge in [-0.15, -0.1) is 0 Å². The van der Waals surface area contributed by atoms with Gasteiger partial charge in [0.15, 0.2) is 0 Å². The van der Waals surface area contributed by atoms with Gasteiger partial charge < -0.3 is 4.74 Å². The summed E-state index contributed by atoms with van der Waals surface area (Å²) in [7, 11) is 0. The lowest BCUT2D eigenvalue weighted by atomic mass is 10.2. The summed E-state index contributed by atoms with van der Waals surface area (Å²) in [5.41, 5.74) is 0.820. The van der Waals surface area contributed by atoms with Gasteiger partial charge in [-0.1, -0.05) is 0 Å². The number of carbonyl (C=O) groups is 1. The van der Waals surface area contributed by atoms with Crippen LogP contribution in [0.5, 0.6) is 0 Å². The Bertz CT molecular complexity index is 299. The summed E-state index contributed by atoms with van der Waals surface area (Å²) in [6, 6.07) is 1.50. The van der Waals surface area contributed by atoms with Crippen molar-refractivity contribution >= 4 is 5.97 Å². The Hall–Kier alpha value is -1.42. The normalized spacial score (nSPS) is 9.69. The van der Waals surface area contributed by atoms with Crippen LogP contribution in [0.4, 0.5) is 0 Å². The number of ether oxygens (including phenoxy) is 1. The molecule has 0 saturated heterocycles. The molecule has 69 valence electrons. The summed E-state index contributed by atoms with van der Waals surface area (Å²) in [6.07, 6.45) is 2.83. The van der Waals surface area contributed by atoms with Gasteiger partial charge in [0.25, 0.3) is 0 Å². The number of hydrogen-bond donors (Lipinski definition) is 0. The van der Waals surface area contributed by atoms with E-state index in [1.54, 1.807) is 6.92 Å². The van der Waals surface area contributed by atoms with Gasteiger partial charge >= 0.3 is 5.97 Å². The Kier molecular flexibility index (Phi) is 3.40. The molecule has 0 amide bonds. The first-order valence-electron chi connectivity index (χ1n) is 3.97. The topological polar surface area (TPSA) is 59.1 Å². The summed E-state index contributed by atoms with van der Waals surface area (Å²) in [5, 5.41) is 10.5. The maximum Gasteiger partial charge on any atom is 0.339 e. The van der Waals surface area contributed by atoms with E-state index in [9.17, 15) is 9.90 Å². The lowest BCUT2D eigenvalue weighted by molar-refractivity contribution is 0.0525. The highest BCUT2D eigenvalue weighted by atomic mass is 16.5. The average molecular weight is 180 g/mol. The number of carbonyl (C=O) groups excluding carboxylic acids is 1. The standard InChI is InChI=1S/C9H10NO3/c1-2-13-9(12)8-3-7(6-11)4-10-5-8/h3-5H,2,6H2,1H3. The highest BCUT2D eigenvalue weighted by Gasteiger charge is 2.06. The second kappa shape index (κ2) is 4.57. The van der Waals surface area contributed by atoms with Crippen molar-refractivity contribution in [3.8, 4) is 0 Å². The highest BCUT2D eigenvalue weighted by molar-refractivity contribution is 5.89. The maximum atomic E-state index is 11.1. The Morgan fingerprint density at radius 2 is 2.31 bits per heavy atom. The third kappa shape index (κ3) is 2.52. The van der Waals surface area contributed by atoms with Gasteiger partial charge in [-0.3, -0.25) is 4.98 Å². The van der Waals surface area contributed by atoms with Crippen LogP contribution in [-0.4, -0.2) is 17.6 Å². The van der Waals surface area contributed by atoms with Gasteiger partial charge in [-0.2, -0.15) is 0 Å². The first kappa shape index (κ1) is 9.67. The van der Waals surface area contributed by atoms with Crippen molar-refractivity contribution in [3.63, 3.8) is 0 Å². The number of hydrogen-bond acceptors (Lipinski definition) is 3. The van der Waals surface area contributed by atoms with Crippen molar-refractivity contribution in [3.05, 3.63) is 29.6 Å². The molecule has 1 aromatic heterocycles. The molecule has 4 nitrogen and oxygen atoms in total. The monoisotopic (exact) mass is 180 g/mol. The Balaban J connectivity index is 2.82. The van der Waals surface area contributed by atoms with Crippen LogP contribution in [-0.2, 0) is 16.5 Å². The van der Waals surface area contributed by atoms with Gasteiger partial charge in [0, 0.05) is 18.0 Å². The summed E-state index contributed by atoms with van der Waals surface area (Å²) in [5.74, 6) is -0.440. The van der Waals surface area contributed by atoms with Crippen LogP contribution < -0.4 is 0 Å². The molecule has 0 aliphatic heterocycles. The van der Waals surface area contributed by atoms with Crippen molar-refractivity contribution in [1.29, 1.82) is 0 Å². The molecule has 4 heteroatoms. The minimum atomic E-state index is -0.440. The zero-order valence-electron chi connectivity index (χ0n) is 7.32. The number of nitrogens with zero attached hydrogens (tertiary/aromatic N) is 1. The van der Waals surface area contributed by atoms with Crippen molar-refractivity contribution in [2.75, 3.05) is 6.61 Å². The van der Waals surface area contributed by atoms with E-state index in [0.29, 0.717) is 17.7 Å². The zero-order valence-corrected chi connectivity index (χ0v) is 7.32. The Morgan fingerprint density at radius 1 is 1.54 bits per heavy atom. The molecule has 13 heavy (non-hydrogen) atoms. The zero-order chi connectivity index (χ0) is 9.68. The lowest BCUT2D eigenvalue weighted by Gasteiger charge is -2.01. The molecular weight excluding hydrogens is 170 g/mol. The molecule has 1 heterocycles. The fraction of sp³-hybridized carbons (Fsp3) is 0.333. The van der Waals surface area contributed by atoms with Gasteiger partial charge in [-0.05, 0) is 13.0 Å². The van der Waals surface area contributed by atoms with E-state index in [2.05, 4.69) is 4.98 Å². The third-order valence-corrected chi connectivity index (χ3v) is 1.47. The molecule has 0 aliphatic carbocycles. The minimum Gasteiger partial charge on any atom is -0.462 e. The number of esters is 1. The van der Waals surface area contributed by atoms with Crippen LogP contribution in [0.25, 0.3) is 0 Å². The van der Waals surface area contributed by atoms with Crippen LogP contribution >= 0.6 is 0 Å². The van der Waals surface area contributed by atoms with Crippen LogP contribution in [0.3, 0.4) is 0 Å². The molecule has 0 aliphatic rings. The first-order chi connectivity index (χ1) is 6.27. The summed E-state index contributed by atoms with van der Waals surface area (Å²) in [6.45, 7) is 1.67. The van der Waals surface area contributed by atoms with Crippen molar-refractivity contribution < 1.29 is 14.6 Å². The third-order valence-electron chi connectivity index (χ3n) is 1.47. The molecule has 0 spiro atoms. The Labute approximate surface area is 76.2 Å². The van der Waals surface area contributed by atoms with Gasteiger partial charge in [0.05, 0.1) is 12.2 Å². The van der Waals surface area contributed by atoms with E-state index in [-0.39, 0.29) is 6.61 Å². The molecule has 1 radical (unpaired) electrons. The molecule has 0 bridgehead atoms. The number of aromatic nitrogens is 1. The molecule has 0 aromatic carbocycles. The molecule has 0 saturated carbocycles. The summed E-state index contributed by atoms with van der Waals surface area (Å²) < 4.78 is 4.75. The van der Waals surface area contributed by atoms with Crippen LogP contribution in [0, 0.1) is 0 Å². The van der Waals surface area contributed by atoms with Crippen molar-refractivity contribution in [2.24, 2.45) is 0 Å². The minimum absolute atomic E-state index is 0.320. The Morgan fingerprint density at radius 3 is 2.92 bits per heavy atom. The molecule has 1 aromatic rings. The molecule has 0 unspecified atom stereocenters. The van der Waals surface area contributed by atoms with E-state index in [1.807, 2.05) is 0 Å². The second-order valence-corrected chi connectivity index (χ2v) is 2.45. The van der Waals surface area contributed by atoms with Gasteiger partial charge in [-0.25, -0.2) is 9.90 Å². The van der Waals surface area contributed by atoms with Crippen molar-refractivity contribution in [1.82, 2.24) is 4.98 Å². The number of pyridine rings is 1. The largest absolute Gasteiger partial charge is 0.462 e. The van der Waals surface area contributed by atoms with Gasteiger partial charge in [0.1, 0.15) is 6.61 Å². The van der Waals surface area contributed by atoms with E-state index in [4.69, 9.17) is 4.74 Å². The fourth-order valence-electron chi connectivity index (χ4n) is 0.893. The highest BCUT2D eigenvalue weighted by Crippen LogP contribution is 2.04. The van der Waals surface area contributed by atoms with Crippen molar-refractivity contribution in [2.45, 2.75) is 13.5 Å². The second-order valence-electron chi connectivity index (χ2n) is 2.45. The van der Waals surface area contributed by atoms with E-state index in [0.717, 1.165) is 0 Å². The van der Waals surface area contributed by atoms with Crippen LogP contribution in [0.15, 0.2) is 18.5 Å². The first-order valence-corrected chi connectivity index (χ1v) is 3.97. The smallest absolute Gasteiger partial charge is 0.339 e. The quantitative estimate of drug-likeness (QED) is 0.656. The summed E-state index contributed by atoms with van der Waals surface area (Å²) >= 11 is 0. The van der Waals surface area contributed by atoms with E-state index < -0.39 is 5.97 Å². The van der Waals surface area contributed by atoms with Crippen LogP contribution in [0.1, 0.15) is 22.8 Å². The molecular formula is C9H10NO3. The van der Waals surface area contributed by atoms with E-state index in [1.165, 1.54) is 18.5 Å². The number of rotatable bonds is 3. The molecule has 0 fully saturated rings. The molecule has 0 N–H and O–H groups in total. The summed E-state index contributed by atoms with van der Waals surface area (Å²) in [4.78, 5) is 14.9. The van der Waals surface area contributed by atoms with E-state index >= 15 is 0 Å². The molecule has 0 atom stereocenters. The maximum absolute atomic E-state index is 11.1. The predicted octanol–water partition coefficient (Wildman–Crippen LogP) is 1.19. The fourth-order valence-corrected chi connectivity index (χ4v) is 0.893.